The number of benzene rings is 1. The van der Waals surface area contributed by atoms with E-state index in [1.165, 1.54) is 0 Å². The maximum Gasteiger partial charge on any atom is 0.255 e. The zero-order valence-corrected chi connectivity index (χ0v) is 18.8. The molecular formula is C23H17Cl2N7O. The van der Waals surface area contributed by atoms with E-state index in [0.29, 0.717) is 50.0 Å². The molecule has 0 fully saturated rings. The lowest BCUT2D eigenvalue weighted by molar-refractivity contribution is -0.113. The molecule has 1 unspecified atom stereocenters. The van der Waals surface area contributed by atoms with E-state index in [-0.39, 0.29) is 5.91 Å². The molecular weight excluding hydrogens is 461 g/mol. The standard InChI is InChI=1S/C23H17Cl2N7O/c1-13-19(22(33)29-15-5-4-9-26-12-15)20(18-6-2-3-10-27-18)32-23(28-13)30-21(31-32)16-8-7-14(24)11-17(16)25/h2-12,20H,1H3,(H,29,33)(H,28,30,31). The van der Waals surface area contributed by atoms with Gasteiger partial charge < -0.3 is 10.6 Å². The highest BCUT2D eigenvalue weighted by Crippen LogP contribution is 2.37. The first kappa shape index (κ1) is 21.1. The van der Waals surface area contributed by atoms with Gasteiger partial charge in [-0.3, -0.25) is 14.8 Å². The quantitative estimate of drug-likeness (QED) is 0.430. The van der Waals surface area contributed by atoms with E-state index in [9.17, 15) is 4.79 Å². The Morgan fingerprint density at radius 2 is 2.00 bits per heavy atom. The van der Waals surface area contributed by atoms with Crippen molar-refractivity contribution >= 4 is 40.7 Å². The molecule has 1 atom stereocenters. The number of aromatic nitrogens is 5. The van der Waals surface area contributed by atoms with Gasteiger partial charge in [-0.05, 0) is 49.4 Å². The molecule has 1 aliphatic rings. The van der Waals surface area contributed by atoms with Crippen molar-refractivity contribution in [3.8, 4) is 11.4 Å². The molecule has 5 rings (SSSR count). The van der Waals surface area contributed by atoms with Gasteiger partial charge in [0.2, 0.25) is 5.95 Å². The van der Waals surface area contributed by atoms with Gasteiger partial charge in [-0.15, -0.1) is 5.10 Å². The van der Waals surface area contributed by atoms with E-state index in [4.69, 9.17) is 28.3 Å². The summed E-state index contributed by atoms with van der Waals surface area (Å²) < 4.78 is 1.65. The Balaban J connectivity index is 1.60. The molecule has 0 radical (unpaired) electrons. The maximum atomic E-state index is 13.4. The van der Waals surface area contributed by atoms with Crippen LogP contribution in [0.25, 0.3) is 11.4 Å². The Morgan fingerprint density at radius 1 is 1.12 bits per heavy atom. The van der Waals surface area contributed by atoms with Crippen LogP contribution in [0.5, 0.6) is 0 Å². The zero-order chi connectivity index (χ0) is 22.9. The van der Waals surface area contributed by atoms with Crippen molar-refractivity contribution in [1.82, 2.24) is 24.7 Å². The van der Waals surface area contributed by atoms with Crippen molar-refractivity contribution in [3.05, 3.63) is 94.1 Å². The minimum Gasteiger partial charge on any atom is -0.328 e. The Kier molecular flexibility index (Phi) is 5.53. The maximum absolute atomic E-state index is 13.4. The van der Waals surface area contributed by atoms with E-state index < -0.39 is 6.04 Å². The van der Waals surface area contributed by atoms with E-state index in [2.05, 4.69) is 25.6 Å². The van der Waals surface area contributed by atoms with E-state index >= 15 is 0 Å². The van der Waals surface area contributed by atoms with Crippen molar-refractivity contribution in [1.29, 1.82) is 0 Å². The average molecular weight is 478 g/mol. The number of rotatable bonds is 4. The van der Waals surface area contributed by atoms with Crippen molar-refractivity contribution in [2.45, 2.75) is 13.0 Å². The zero-order valence-electron chi connectivity index (χ0n) is 17.3. The Hall–Kier alpha value is -3.75. The summed E-state index contributed by atoms with van der Waals surface area (Å²) in [6.07, 6.45) is 4.91. The number of halogens is 2. The van der Waals surface area contributed by atoms with Crippen LogP contribution in [0, 0.1) is 0 Å². The van der Waals surface area contributed by atoms with E-state index in [1.807, 2.05) is 25.1 Å². The first-order chi connectivity index (χ1) is 16.0. The molecule has 4 aromatic rings. The molecule has 0 aliphatic carbocycles. The van der Waals surface area contributed by atoms with Crippen molar-refractivity contribution in [2.75, 3.05) is 10.6 Å². The number of carbonyl (C=O) groups is 1. The number of nitrogens with one attached hydrogen (secondary N) is 2. The lowest BCUT2D eigenvalue weighted by Gasteiger charge is -2.27. The number of amides is 1. The lowest BCUT2D eigenvalue weighted by Crippen LogP contribution is -2.32. The monoisotopic (exact) mass is 477 g/mol. The molecule has 0 saturated carbocycles. The third-order valence-corrected chi connectivity index (χ3v) is 5.70. The van der Waals surface area contributed by atoms with Crippen molar-refractivity contribution < 1.29 is 4.79 Å². The fourth-order valence-corrected chi connectivity index (χ4v) is 4.17. The van der Waals surface area contributed by atoms with E-state index in [1.54, 1.807) is 53.6 Å². The molecule has 3 aromatic heterocycles. The molecule has 4 heterocycles. The largest absolute Gasteiger partial charge is 0.328 e. The highest BCUT2D eigenvalue weighted by Gasteiger charge is 2.35. The van der Waals surface area contributed by atoms with Gasteiger partial charge in [0.25, 0.3) is 5.91 Å². The molecule has 0 spiro atoms. The van der Waals surface area contributed by atoms with Gasteiger partial charge in [0, 0.05) is 28.7 Å². The molecule has 0 bridgehead atoms. The Bertz CT molecular complexity index is 1370. The van der Waals surface area contributed by atoms with Crippen LogP contribution in [-0.2, 0) is 4.79 Å². The first-order valence-electron chi connectivity index (χ1n) is 10.0. The van der Waals surface area contributed by atoms with Gasteiger partial charge in [0.1, 0.15) is 6.04 Å². The number of hydrogen-bond donors (Lipinski definition) is 2. The van der Waals surface area contributed by atoms with Crippen LogP contribution in [0.3, 0.4) is 0 Å². The molecule has 8 nitrogen and oxygen atoms in total. The van der Waals surface area contributed by atoms with Gasteiger partial charge >= 0.3 is 0 Å². The Labute approximate surface area is 199 Å². The summed E-state index contributed by atoms with van der Waals surface area (Å²) in [4.78, 5) is 26.6. The summed E-state index contributed by atoms with van der Waals surface area (Å²) in [5.74, 6) is 0.583. The predicted molar refractivity (Wildman–Crippen MR) is 127 cm³/mol. The lowest BCUT2D eigenvalue weighted by atomic mass is 9.98. The van der Waals surface area contributed by atoms with Crippen LogP contribution >= 0.6 is 23.2 Å². The van der Waals surface area contributed by atoms with E-state index in [0.717, 1.165) is 0 Å². The first-order valence-corrected chi connectivity index (χ1v) is 10.8. The van der Waals surface area contributed by atoms with Crippen molar-refractivity contribution in [2.24, 2.45) is 0 Å². The summed E-state index contributed by atoms with van der Waals surface area (Å²) >= 11 is 12.4. The van der Waals surface area contributed by atoms with Crippen LogP contribution in [0.1, 0.15) is 18.7 Å². The molecule has 1 aromatic carbocycles. The predicted octanol–water partition coefficient (Wildman–Crippen LogP) is 4.97. The molecule has 33 heavy (non-hydrogen) atoms. The second kappa shape index (κ2) is 8.65. The van der Waals surface area contributed by atoms with Gasteiger partial charge in [-0.25, -0.2) is 4.68 Å². The second-order valence-electron chi connectivity index (χ2n) is 7.34. The van der Waals surface area contributed by atoms with Crippen LogP contribution in [0.4, 0.5) is 11.6 Å². The number of anilines is 2. The molecule has 1 aliphatic heterocycles. The van der Waals surface area contributed by atoms with Gasteiger partial charge in [0.05, 0.1) is 28.2 Å². The molecule has 1 amide bonds. The van der Waals surface area contributed by atoms with Gasteiger partial charge in [-0.1, -0.05) is 29.3 Å². The summed E-state index contributed by atoms with van der Waals surface area (Å²) in [5, 5.41) is 11.7. The molecule has 2 N–H and O–H groups in total. The SMILES string of the molecule is CC1=C(C(=O)Nc2cccnc2)C(c2ccccn2)n2nc(-c3ccc(Cl)cc3Cl)nc2N1. The minimum atomic E-state index is -0.605. The van der Waals surface area contributed by atoms with Gasteiger partial charge in [0.15, 0.2) is 5.82 Å². The fraction of sp³-hybridized carbons (Fsp3) is 0.0870. The van der Waals surface area contributed by atoms with Crippen LogP contribution in [0.15, 0.2) is 78.4 Å². The molecule has 0 saturated heterocycles. The number of nitrogens with zero attached hydrogens (tertiary/aromatic N) is 5. The summed E-state index contributed by atoms with van der Waals surface area (Å²) in [5.41, 5.74) is 2.96. The number of carbonyl (C=O) groups excluding carboxylic acids is 1. The second-order valence-corrected chi connectivity index (χ2v) is 8.19. The Morgan fingerprint density at radius 3 is 2.73 bits per heavy atom. The third-order valence-electron chi connectivity index (χ3n) is 5.16. The summed E-state index contributed by atoms with van der Waals surface area (Å²) in [7, 11) is 0. The van der Waals surface area contributed by atoms with Gasteiger partial charge in [-0.2, -0.15) is 4.98 Å². The topological polar surface area (TPSA) is 97.6 Å². The van der Waals surface area contributed by atoms with Crippen LogP contribution < -0.4 is 10.6 Å². The van der Waals surface area contributed by atoms with Crippen molar-refractivity contribution in [3.63, 3.8) is 0 Å². The number of fused-ring (bicyclic) bond motifs is 1. The fourth-order valence-electron chi connectivity index (χ4n) is 3.68. The number of allylic oxidation sites excluding steroid dienone is 1. The molecule has 10 heteroatoms. The highest BCUT2D eigenvalue weighted by molar-refractivity contribution is 6.36. The number of pyridine rings is 2. The highest BCUT2D eigenvalue weighted by atomic mass is 35.5. The smallest absolute Gasteiger partial charge is 0.255 e. The summed E-state index contributed by atoms with van der Waals surface area (Å²) in [6, 6.07) is 13.6. The summed E-state index contributed by atoms with van der Waals surface area (Å²) in [6.45, 7) is 1.82. The normalized spacial score (nSPS) is 15.1. The third kappa shape index (κ3) is 4.06. The number of hydrogen-bond acceptors (Lipinski definition) is 6. The average Bonchev–Trinajstić information content (AvgIpc) is 3.22. The van der Waals surface area contributed by atoms with Crippen LogP contribution in [-0.4, -0.2) is 30.6 Å². The molecule has 164 valence electrons. The minimum absolute atomic E-state index is 0.295. The van der Waals surface area contributed by atoms with Crippen LogP contribution in [0.2, 0.25) is 10.0 Å².